The first-order valence-electron chi connectivity index (χ1n) is 8.38. The number of fused-ring (bicyclic) bond motifs is 1. The van der Waals surface area contributed by atoms with E-state index in [-0.39, 0.29) is 17.5 Å². The minimum Gasteiger partial charge on any atom is -0.481 e. The Morgan fingerprint density at radius 2 is 2.21 bits per heavy atom. The van der Waals surface area contributed by atoms with Crippen molar-refractivity contribution in [2.75, 3.05) is 18.4 Å². The molecule has 1 aliphatic carbocycles. The normalized spacial score (nSPS) is 27.7. The maximum Gasteiger partial charge on any atom is 0.311 e. The SMILES string of the molecule is Cc1ccc(NC(=O)C(C)N2C[C@@H]3CCC[C@@]3(C(=O)O)C2)c(F)c1. The van der Waals surface area contributed by atoms with Gasteiger partial charge in [0.25, 0.3) is 0 Å². The summed E-state index contributed by atoms with van der Waals surface area (Å²) in [5.74, 6) is -1.43. The summed E-state index contributed by atoms with van der Waals surface area (Å²) in [6.45, 7) is 4.53. The molecule has 1 aromatic carbocycles. The van der Waals surface area contributed by atoms with Crippen LogP contribution in [-0.4, -0.2) is 41.0 Å². The average Bonchev–Trinajstić information content (AvgIpc) is 3.07. The van der Waals surface area contributed by atoms with Crippen LogP contribution in [-0.2, 0) is 9.59 Å². The first kappa shape index (κ1) is 16.9. The van der Waals surface area contributed by atoms with Crippen molar-refractivity contribution in [1.29, 1.82) is 0 Å². The molecule has 1 aromatic rings. The van der Waals surface area contributed by atoms with Crippen LogP contribution in [0.25, 0.3) is 0 Å². The third kappa shape index (κ3) is 2.79. The first-order chi connectivity index (χ1) is 11.3. The number of hydrogen-bond donors (Lipinski definition) is 2. The molecule has 1 amide bonds. The summed E-state index contributed by atoms with van der Waals surface area (Å²) in [7, 11) is 0. The van der Waals surface area contributed by atoms with Crippen molar-refractivity contribution in [3.63, 3.8) is 0 Å². The van der Waals surface area contributed by atoms with E-state index in [1.54, 1.807) is 26.0 Å². The molecule has 0 radical (unpaired) electrons. The number of anilines is 1. The van der Waals surface area contributed by atoms with Crippen molar-refractivity contribution in [1.82, 2.24) is 4.90 Å². The molecule has 6 heteroatoms. The highest BCUT2D eigenvalue weighted by atomic mass is 19.1. The van der Waals surface area contributed by atoms with Crippen LogP contribution in [0.4, 0.5) is 10.1 Å². The Hall–Kier alpha value is -1.95. The van der Waals surface area contributed by atoms with Crippen molar-refractivity contribution >= 4 is 17.6 Å². The van der Waals surface area contributed by atoms with Crippen LogP contribution < -0.4 is 5.32 Å². The van der Waals surface area contributed by atoms with Crippen molar-refractivity contribution in [2.24, 2.45) is 11.3 Å². The molecule has 0 bridgehead atoms. The molecule has 2 aliphatic rings. The third-order valence-corrected chi connectivity index (χ3v) is 5.63. The fourth-order valence-corrected chi connectivity index (χ4v) is 4.10. The van der Waals surface area contributed by atoms with E-state index < -0.39 is 23.2 Å². The summed E-state index contributed by atoms with van der Waals surface area (Å²) < 4.78 is 13.9. The number of rotatable bonds is 4. The average molecular weight is 334 g/mol. The largest absolute Gasteiger partial charge is 0.481 e. The quantitative estimate of drug-likeness (QED) is 0.888. The Morgan fingerprint density at radius 1 is 1.46 bits per heavy atom. The van der Waals surface area contributed by atoms with Gasteiger partial charge in [-0.2, -0.15) is 0 Å². The Balaban J connectivity index is 1.69. The van der Waals surface area contributed by atoms with Crippen LogP contribution in [0, 0.1) is 24.1 Å². The second kappa shape index (κ2) is 6.16. The molecule has 3 atom stereocenters. The molecule has 0 spiro atoms. The molecule has 24 heavy (non-hydrogen) atoms. The molecule has 1 saturated carbocycles. The minimum absolute atomic E-state index is 0.0985. The molecular formula is C18H23FN2O3. The standard InChI is InChI=1S/C18H23FN2O3/c1-11-5-6-15(14(19)8-11)20-16(22)12(2)21-9-13-4-3-7-18(13,10-21)17(23)24/h5-6,8,12-13H,3-4,7,9-10H2,1-2H3,(H,20,22)(H,23,24)/t12?,13-,18+/m0/s1. The third-order valence-electron chi connectivity index (χ3n) is 5.63. The van der Waals surface area contributed by atoms with E-state index in [2.05, 4.69) is 5.32 Å². The van der Waals surface area contributed by atoms with Crippen molar-refractivity contribution in [3.05, 3.63) is 29.6 Å². The van der Waals surface area contributed by atoms with Gasteiger partial charge in [0.2, 0.25) is 5.91 Å². The zero-order valence-electron chi connectivity index (χ0n) is 14.0. The molecule has 2 fully saturated rings. The number of likely N-dealkylation sites (tertiary alicyclic amines) is 1. The highest BCUT2D eigenvalue weighted by molar-refractivity contribution is 5.94. The molecule has 130 valence electrons. The number of carboxylic acids is 1. The lowest BCUT2D eigenvalue weighted by atomic mass is 9.81. The maximum atomic E-state index is 13.9. The van der Waals surface area contributed by atoms with E-state index in [1.165, 1.54) is 6.07 Å². The number of aryl methyl sites for hydroxylation is 1. The zero-order chi connectivity index (χ0) is 17.5. The Bertz CT molecular complexity index is 678. The predicted molar refractivity (Wildman–Crippen MR) is 88.2 cm³/mol. The van der Waals surface area contributed by atoms with Gasteiger partial charge in [0.15, 0.2) is 0 Å². The van der Waals surface area contributed by atoms with Gasteiger partial charge in [0.1, 0.15) is 5.82 Å². The number of amides is 1. The maximum absolute atomic E-state index is 13.9. The fourth-order valence-electron chi connectivity index (χ4n) is 4.10. The minimum atomic E-state index is -0.760. The zero-order valence-corrected chi connectivity index (χ0v) is 14.0. The number of nitrogens with one attached hydrogen (secondary N) is 1. The van der Waals surface area contributed by atoms with E-state index >= 15 is 0 Å². The first-order valence-corrected chi connectivity index (χ1v) is 8.38. The van der Waals surface area contributed by atoms with Crippen molar-refractivity contribution in [2.45, 2.75) is 39.2 Å². The molecule has 0 aromatic heterocycles. The number of carbonyl (C=O) groups is 2. The molecule has 1 aliphatic heterocycles. The highest BCUT2D eigenvalue weighted by Crippen LogP contribution is 2.49. The van der Waals surface area contributed by atoms with Crippen LogP contribution in [0.15, 0.2) is 18.2 Å². The van der Waals surface area contributed by atoms with E-state index in [0.717, 1.165) is 18.4 Å². The van der Waals surface area contributed by atoms with Gasteiger partial charge in [0.05, 0.1) is 17.1 Å². The topological polar surface area (TPSA) is 69.6 Å². The lowest BCUT2D eigenvalue weighted by molar-refractivity contribution is -0.149. The van der Waals surface area contributed by atoms with Gasteiger partial charge >= 0.3 is 5.97 Å². The summed E-state index contributed by atoms with van der Waals surface area (Å²) in [6.07, 6.45) is 2.49. The van der Waals surface area contributed by atoms with Crippen molar-refractivity contribution in [3.8, 4) is 0 Å². The molecule has 1 heterocycles. The number of carbonyl (C=O) groups excluding carboxylic acids is 1. The number of nitrogens with zero attached hydrogens (tertiary/aromatic N) is 1. The Morgan fingerprint density at radius 3 is 2.83 bits per heavy atom. The lowest BCUT2D eigenvalue weighted by Gasteiger charge is -2.26. The lowest BCUT2D eigenvalue weighted by Crippen LogP contribution is -2.43. The monoisotopic (exact) mass is 334 g/mol. The van der Waals surface area contributed by atoms with Crippen LogP contribution in [0.3, 0.4) is 0 Å². The van der Waals surface area contributed by atoms with Gasteiger partial charge in [-0.25, -0.2) is 4.39 Å². The van der Waals surface area contributed by atoms with Crippen LogP contribution in [0.1, 0.15) is 31.7 Å². The van der Waals surface area contributed by atoms with E-state index in [4.69, 9.17) is 0 Å². The summed E-state index contributed by atoms with van der Waals surface area (Å²) in [4.78, 5) is 26.1. The van der Waals surface area contributed by atoms with Crippen molar-refractivity contribution < 1.29 is 19.1 Å². The second-order valence-electron chi connectivity index (χ2n) is 7.13. The summed E-state index contributed by atoms with van der Waals surface area (Å²) in [6, 6.07) is 4.17. The molecule has 5 nitrogen and oxygen atoms in total. The van der Waals surface area contributed by atoms with Gasteiger partial charge in [-0.15, -0.1) is 0 Å². The number of carboxylic acid groups (broad SMARTS) is 1. The van der Waals surface area contributed by atoms with Gasteiger partial charge in [-0.3, -0.25) is 14.5 Å². The van der Waals surface area contributed by atoms with Gasteiger partial charge in [-0.1, -0.05) is 12.5 Å². The second-order valence-corrected chi connectivity index (χ2v) is 7.13. The number of benzene rings is 1. The molecule has 1 saturated heterocycles. The summed E-state index contributed by atoms with van der Waals surface area (Å²) in [5.41, 5.74) is 0.225. The number of hydrogen-bond acceptors (Lipinski definition) is 3. The van der Waals surface area contributed by atoms with Crippen LogP contribution >= 0.6 is 0 Å². The summed E-state index contributed by atoms with van der Waals surface area (Å²) in [5, 5.41) is 12.3. The number of aliphatic carboxylic acids is 1. The molecule has 3 rings (SSSR count). The predicted octanol–water partition coefficient (Wildman–Crippen LogP) is 2.65. The Labute approximate surface area is 140 Å². The van der Waals surface area contributed by atoms with Crippen LogP contribution in [0.2, 0.25) is 0 Å². The molecular weight excluding hydrogens is 311 g/mol. The van der Waals surface area contributed by atoms with Gasteiger partial charge in [-0.05, 0) is 50.3 Å². The number of halogens is 1. The van der Waals surface area contributed by atoms with Crippen LogP contribution in [0.5, 0.6) is 0 Å². The van der Waals surface area contributed by atoms with Gasteiger partial charge in [0, 0.05) is 13.1 Å². The van der Waals surface area contributed by atoms with E-state index in [9.17, 15) is 19.1 Å². The van der Waals surface area contributed by atoms with E-state index in [1.807, 2.05) is 4.90 Å². The van der Waals surface area contributed by atoms with E-state index in [0.29, 0.717) is 19.5 Å². The van der Waals surface area contributed by atoms with Gasteiger partial charge < -0.3 is 10.4 Å². The fraction of sp³-hybridized carbons (Fsp3) is 0.556. The molecule has 2 N–H and O–H groups in total. The smallest absolute Gasteiger partial charge is 0.311 e. The Kier molecular flexibility index (Phi) is 4.34. The molecule has 1 unspecified atom stereocenters. The highest BCUT2D eigenvalue weighted by Gasteiger charge is 2.55. The summed E-state index contributed by atoms with van der Waals surface area (Å²) >= 11 is 0.